The van der Waals surface area contributed by atoms with Gasteiger partial charge in [0.25, 0.3) is 5.78 Å². The molecule has 6 heteroatoms. The lowest BCUT2D eigenvalue weighted by molar-refractivity contribution is -0.892. The summed E-state index contributed by atoms with van der Waals surface area (Å²) < 4.78 is 5.27. The largest absolute Gasteiger partial charge is 0.497 e. The first-order valence-corrected chi connectivity index (χ1v) is 9.38. The van der Waals surface area contributed by atoms with E-state index in [9.17, 15) is 9.59 Å². The number of carbonyl (C=O) groups is 2. The third kappa shape index (κ3) is 3.35. The minimum absolute atomic E-state index is 0.380. The maximum Gasteiger partial charge on any atom is 0.303 e. The molecule has 1 aliphatic rings. The molecular formula is C22H20ClN2O3+. The van der Waals surface area contributed by atoms with Crippen molar-refractivity contribution >= 4 is 39.8 Å². The van der Waals surface area contributed by atoms with Gasteiger partial charge in [-0.05, 0) is 47.2 Å². The summed E-state index contributed by atoms with van der Waals surface area (Å²) in [5.74, 6) is -0.161. The molecule has 0 saturated carbocycles. The van der Waals surface area contributed by atoms with Gasteiger partial charge in [-0.1, -0.05) is 29.8 Å². The Morgan fingerprint density at radius 2 is 1.75 bits per heavy atom. The van der Waals surface area contributed by atoms with E-state index in [1.54, 1.807) is 25.3 Å². The molecule has 0 fully saturated rings. The molecule has 1 unspecified atom stereocenters. The number of anilines is 1. The van der Waals surface area contributed by atoms with Crippen LogP contribution in [-0.2, 0) is 11.3 Å². The number of Topliss-reactive ketones (excluding diaryl/α,β-unsaturated/α-hetero) is 1. The van der Waals surface area contributed by atoms with E-state index in [1.807, 2.05) is 25.2 Å². The van der Waals surface area contributed by atoms with Crippen LogP contribution in [0.5, 0.6) is 5.75 Å². The first kappa shape index (κ1) is 18.5. The zero-order valence-electron chi connectivity index (χ0n) is 15.7. The van der Waals surface area contributed by atoms with Crippen LogP contribution < -0.4 is 14.5 Å². The van der Waals surface area contributed by atoms with Crippen molar-refractivity contribution in [1.82, 2.24) is 0 Å². The summed E-state index contributed by atoms with van der Waals surface area (Å²) in [6.07, 6.45) is 0. The second-order valence-corrected chi connectivity index (χ2v) is 7.50. The van der Waals surface area contributed by atoms with Gasteiger partial charge in [0.2, 0.25) is 0 Å². The molecule has 4 rings (SSSR count). The molecule has 0 saturated heterocycles. The molecule has 28 heavy (non-hydrogen) atoms. The molecule has 0 aromatic heterocycles. The van der Waals surface area contributed by atoms with Gasteiger partial charge in [-0.3, -0.25) is 14.5 Å². The van der Waals surface area contributed by atoms with E-state index in [1.165, 1.54) is 4.90 Å². The number of amides is 1. The number of benzene rings is 3. The number of ether oxygens (including phenoxy) is 1. The summed E-state index contributed by atoms with van der Waals surface area (Å²) >= 11 is 5.97. The van der Waals surface area contributed by atoms with Crippen LogP contribution >= 0.6 is 11.6 Å². The number of carbonyl (C=O) groups excluding carboxylic acids is 2. The number of ketones is 1. The van der Waals surface area contributed by atoms with Gasteiger partial charge in [-0.25, -0.2) is 0 Å². The number of halogens is 1. The van der Waals surface area contributed by atoms with Crippen molar-refractivity contribution in [3.8, 4) is 5.75 Å². The highest BCUT2D eigenvalue weighted by molar-refractivity contribution is 6.52. The van der Waals surface area contributed by atoms with Crippen LogP contribution in [0.2, 0.25) is 5.02 Å². The molecule has 0 aliphatic carbocycles. The average Bonchev–Trinajstić information content (AvgIpc) is 2.92. The minimum atomic E-state index is -0.498. The topological polar surface area (TPSA) is 51.1 Å². The van der Waals surface area contributed by atoms with Gasteiger partial charge >= 0.3 is 5.91 Å². The van der Waals surface area contributed by atoms with Gasteiger partial charge in [0.05, 0.1) is 25.4 Å². The van der Waals surface area contributed by atoms with Crippen LogP contribution in [0.15, 0.2) is 54.6 Å². The number of hydrogen-bond acceptors (Lipinski definition) is 3. The Labute approximate surface area is 168 Å². The van der Waals surface area contributed by atoms with Gasteiger partial charge in [-0.15, -0.1) is 0 Å². The summed E-state index contributed by atoms with van der Waals surface area (Å²) in [4.78, 5) is 27.3. The highest BCUT2D eigenvalue weighted by Crippen LogP contribution is 2.30. The third-order valence-corrected chi connectivity index (χ3v) is 5.21. The second-order valence-electron chi connectivity index (χ2n) is 7.06. The lowest BCUT2D eigenvalue weighted by atomic mass is 10.1. The SMILES string of the molecule is COc1ccc2cc(C[NH+](C)CN3C(=O)C(=O)c4cc(Cl)ccc43)ccc2c1. The third-order valence-electron chi connectivity index (χ3n) is 4.98. The first-order chi connectivity index (χ1) is 13.5. The molecule has 1 heterocycles. The van der Waals surface area contributed by atoms with Crippen LogP contribution in [0, 0.1) is 0 Å². The predicted octanol–water partition coefficient (Wildman–Crippen LogP) is 2.70. The molecule has 3 aromatic carbocycles. The van der Waals surface area contributed by atoms with Crippen molar-refractivity contribution in [2.24, 2.45) is 0 Å². The molecule has 1 atom stereocenters. The van der Waals surface area contributed by atoms with Gasteiger partial charge in [0, 0.05) is 10.6 Å². The summed E-state index contributed by atoms with van der Waals surface area (Å²) in [6, 6.07) is 17.3. The van der Waals surface area contributed by atoms with Crippen LogP contribution in [0.25, 0.3) is 10.8 Å². The average molecular weight is 396 g/mol. The van der Waals surface area contributed by atoms with Gasteiger partial charge < -0.3 is 9.64 Å². The second kappa shape index (κ2) is 7.26. The standard InChI is InChI=1S/C22H19ClN2O3/c1-24(12-14-3-4-16-10-18(28-2)7-5-15(16)9-14)13-25-20-8-6-17(23)11-19(20)21(26)22(25)27/h3-11H,12-13H2,1-2H3/p+1. The maximum absolute atomic E-state index is 12.4. The molecule has 0 spiro atoms. The molecule has 0 radical (unpaired) electrons. The Bertz CT molecular complexity index is 1100. The molecule has 1 amide bonds. The lowest BCUT2D eigenvalue weighted by Gasteiger charge is -2.22. The van der Waals surface area contributed by atoms with Crippen molar-refractivity contribution < 1.29 is 19.2 Å². The van der Waals surface area contributed by atoms with E-state index in [0.717, 1.165) is 33.5 Å². The quantitative estimate of drug-likeness (QED) is 0.676. The Kier molecular flexibility index (Phi) is 4.79. The lowest BCUT2D eigenvalue weighted by Crippen LogP contribution is -3.09. The number of quaternary nitrogens is 1. The Hall–Kier alpha value is -2.89. The number of fused-ring (bicyclic) bond motifs is 2. The number of nitrogens with zero attached hydrogens (tertiary/aromatic N) is 1. The van der Waals surface area contributed by atoms with E-state index in [0.29, 0.717) is 22.9 Å². The van der Waals surface area contributed by atoms with E-state index in [-0.39, 0.29) is 0 Å². The molecule has 1 N–H and O–H groups in total. The van der Waals surface area contributed by atoms with Gasteiger partial charge in [-0.2, -0.15) is 0 Å². The van der Waals surface area contributed by atoms with Gasteiger partial charge in [0.15, 0.2) is 6.67 Å². The predicted molar refractivity (Wildman–Crippen MR) is 109 cm³/mol. The summed E-state index contributed by atoms with van der Waals surface area (Å²) in [5, 5.41) is 2.71. The van der Waals surface area contributed by atoms with E-state index in [2.05, 4.69) is 18.2 Å². The molecule has 5 nitrogen and oxygen atoms in total. The Morgan fingerprint density at radius 3 is 2.54 bits per heavy atom. The number of hydrogen-bond donors (Lipinski definition) is 1. The number of nitrogens with one attached hydrogen (secondary N) is 1. The van der Waals surface area contributed by atoms with Crippen molar-refractivity contribution in [1.29, 1.82) is 0 Å². The van der Waals surface area contributed by atoms with E-state index in [4.69, 9.17) is 16.3 Å². The number of rotatable bonds is 5. The smallest absolute Gasteiger partial charge is 0.303 e. The molecule has 3 aromatic rings. The van der Waals surface area contributed by atoms with Crippen LogP contribution in [-0.4, -0.2) is 32.5 Å². The fraction of sp³-hybridized carbons (Fsp3) is 0.182. The van der Waals surface area contributed by atoms with Crippen molar-refractivity contribution in [3.05, 3.63) is 70.7 Å². The van der Waals surface area contributed by atoms with Crippen molar-refractivity contribution in [2.75, 3.05) is 25.7 Å². The van der Waals surface area contributed by atoms with Crippen LogP contribution in [0.1, 0.15) is 15.9 Å². The maximum atomic E-state index is 12.4. The fourth-order valence-electron chi connectivity index (χ4n) is 3.61. The Morgan fingerprint density at radius 1 is 1.00 bits per heavy atom. The molecular weight excluding hydrogens is 376 g/mol. The van der Waals surface area contributed by atoms with E-state index < -0.39 is 11.7 Å². The van der Waals surface area contributed by atoms with Crippen molar-refractivity contribution in [2.45, 2.75) is 6.54 Å². The summed E-state index contributed by atoms with van der Waals surface area (Å²) in [7, 11) is 3.66. The molecule has 0 bridgehead atoms. The van der Waals surface area contributed by atoms with Crippen molar-refractivity contribution in [3.63, 3.8) is 0 Å². The first-order valence-electron chi connectivity index (χ1n) is 9.00. The zero-order chi connectivity index (χ0) is 19.8. The monoisotopic (exact) mass is 395 g/mol. The minimum Gasteiger partial charge on any atom is -0.497 e. The Balaban J connectivity index is 1.52. The normalized spacial score (nSPS) is 14.5. The molecule has 1 aliphatic heterocycles. The summed E-state index contributed by atoms with van der Waals surface area (Å²) in [5.41, 5.74) is 2.17. The highest BCUT2D eigenvalue weighted by Gasteiger charge is 2.37. The van der Waals surface area contributed by atoms with Gasteiger partial charge in [0.1, 0.15) is 12.3 Å². The molecule has 142 valence electrons. The highest BCUT2D eigenvalue weighted by atomic mass is 35.5. The number of methoxy groups -OCH3 is 1. The van der Waals surface area contributed by atoms with E-state index >= 15 is 0 Å². The zero-order valence-corrected chi connectivity index (χ0v) is 16.4. The summed E-state index contributed by atoms with van der Waals surface area (Å²) in [6.45, 7) is 1.13. The van der Waals surface area contributed by atoms with Crippen LogP contribution in [0.3, 0.4) is 0 Å². The fourth-order valence-corrected chi connectivity index (χ4v) is 3.79. The van der Waals surface area contributed by atoms with Crippen LogP contribution in [0.4, 0.5) is 5.69 Å².